The summed E-state index contributed by atoms with van der Waals surface area (Å²) in [4.78, 5) is 11.8. The zero-order valence-electron chi connectivity index (χ0n) is 9.87. The predicted molar refractivity (Wildman–Crippen MR) is 60.9 cm³/mol. The molecule has 0 bridgehead atoms. The molecular formula is C11H22N2O3. The molecule has 1 aliphatic rings. The maximum Gasteiger partial charge on any atom is 0.240 e. The maximum absolute atomic E-state index is 11.8. The molecule has 1 amide bonds. The van der Waals surface area contributed by atoms with Crippen LogP contribution in [0.5, 0.6) is 0 Å². The third kappa shape index (κ3) is 3.73. The predicted octanol–water partition coefficient (Wildman–Crippen LogP) is -0.228. The van der Waals surface area contributed by atoms with Crippen LogP contribution in [0, 0.1) is 0 Å². The van der Waals surface area contributed by atoms with Crippen LogP contribution in [0.1, 0.15) is 32.1 Å². The summed E-state index contributed by atoms with van der Waals surface area (Å²) >= 11 is 0. The number of carbonyl (C=O) groups is 1. The molecule has 1 fully saturated rings. The van der Waals surface area contributed by atoms with Gasteiger partial charge in [0.2, 0.25) is 5.91 Å². The summed E-state index contributed by atoms with van der Waals surface area (Å²) < 4.78 is 4.77. The van der Waals surface area contributed by atoms with Crippen molar-refractivity contribution in [2.24, 2.45) is 5.73 Å². The quantitative estimate of drug-likeness (QED) is 0.609. The molecular weight excluding hydrogens is 208 g/mol. The molecule has 5 nitrogen and oxygen atoms in total. The van der Waals surface area contributed by atoms with Gasteiger partial charge in [-0.1, -0.05) is 19.3 Å². The van der Waals surface area contributed by atoms with Crippen LogP contribution in [0.2, 0.25) is 0 Å². The van der Waals surface area contributed by atoms with E-state index in [1.54, 1.807) is 0 Å². The summed E-state index contributed by atoms with van der Waals surface area (Å²) in [6.07, 6.45) is 3.97. The minimum atomic E-state index is -0.731. The van der Waals surface area contributed by atoms with Gasteiger partial charge in [0, 0.05) is 13.7 Å². The Bertz CT molecular complexity index is 227. The lowest BCUT2D eigenvalue weighted by atomic mass is 9.82. The van der Waals surface area contributed by atoms with Crippen molar-refractivity contribution >= 4 is 5.91 Å². The smallest absolute Gasteiger partial charge is 0.240 e. The molecule has 1 atom stereocenters. The summed E-state index contributed by atoms with van der Waals surface area (Å²) in [6, 6.07) is 0. The Kier molecular flexibility index (Phi) is 5.18. The minimum Gasteiger partial charge on any atom is -0.389 e. The van der Waals surface area contributed by atoms with E-state index in [1.807, 2.05) is 0 Å². The van der Waals surface area contributed by atoms with Crippen molar-refractivity contribution in [3.63, 3.8) is 0 Å². The second kappa shape index (κ2) is 6.18. The molecule has 0 aromatic carbocycles. The lowest BCUT2D eigenvalue weighted by Crippen LogP contribution is -2.56. The fourth-order valence-corrected chi connectivity index (χ4v) is 2.05. The molecule has 16 heavy (non-hydrogen) atoms. The first-order chi connectivity index (χ1) is 7.58. The van der Waals surface area contributed by atoms with Crippen LogP contribution in [0.3, 0.4) is 0 Å². The summed E-state index contributed by atoms with van der Waals surface area (Å²) in [6.45, 7) is 0.420. The van der Waals surface area contributed by atoms with E-state index in [2.05, 4.69) is 5.32 Å². The lowest BCUT2D eigenvalue weighted by Gasteiger charge is -2.32. The highest BCUT2D eigenvalue weighted by molar-refractivity contribution is 5.86. The molecule has 1 rings (SSSR count). The first-order valence-electron chi connectivity index (χ1n) is 5.83. The normalized spacial score (nSPS) is 21.4. The summed E-state index contributed by atoms with van der Waals surface area (Å²) in [5.74, 6) is -0.151. The monoisotopic (exact) mass is 230 g/mol. The van der Waals surface area contributed by atoms with Gasteiger partial charge in [-0.25, -0.2) is 0 Å². The van der Waals surface area contributed by atoms with Gasteiger partial charge in [-0.2, -0.15) is 0 Å². The Morgan fingerprint density at radius 3 is 2.69 bits per heavy atom. The number of nitrogens with two attached hydrogens (primary N) is 1. The van der Waals surface area contributed by atoms with E-state index in [9.17, 15) is 9.90 Å². The van der Waals surface area contributed by atoms with Crippen LogP contribution in [0.4, 0.5) is 0 Å². The number of nitrogens with one attached hydrogen (secondary N) is 1. The molecule has 0 aliphatic heterocycles. The van der Waals surface area contributed by atoms with Gasteiger partial charge < -0.3 is 20.9 Å². The average molecular weight is 230 g/mol. The molecule has 4 N–H and O–H groups in total. The van der Waals surface area contributed by atoms with Crippen molar-refractivity contribution in [3.05, 3.63) is 0 Å². The van der Waals surface area contributed by atoms with Gasteiger partial charge in [-0.05, 0) is 12.8 Å². The van der Waals surface area contributed by atoms with Crippen molar-refractivity contribution in [3.8, 4) is 0 Å². The first kappa shape index (κ1) is 13.4. The Labute approximate surface area is 96.3 Å². The van der Waals surface area contributed by atoms with Crippen LogP contribution in [0.15, 0.2) is 0 Å². The Hall–Kier alpha value is -0.650. The van der Waals surface area contributed by atoms with Crippen molar-refractivity contribution in [1.29, 1.82) is 0 Å². The lowest BCUT2D eigenvalue weighted by molar-refractivity contribution is -0.128. The number of ether oxygens (including phenoxy) is 1. The first-order valence-corrected chi connectivity index (χ1v) is 5.83. The number of methoxy groups -OCH3 is 1. The van der Waals surface area contributed by atoms with Crippen LogP contribution in [-0.2, 0) is 9.53 Å². The van der Waals surface area contributed by atoms with Gasteiger partial charge in [0.15, 0.2) is 0 Å². The highest BCUT2D eigenvalue weighted by Gasteiger charge is 2.35. The largest absolute Gasteiger partial charge is 0.389 e. The van der Waals surface area contributed by atoms with E-state index in [0.717, 1.165) is 32.1 Å². The highest BCUT2D eigenvalue weighted by atomic mass is 16.5. The third-order valence-electron chi connectivity index (χ3n) is 3.06. The summed E-state index contributed by atoms with van der Waals surface area (Å²) in [7, 11) is 1.51. The number of amides is 1. The van der Waals surface area contributed by atoms with E-state index < -0.39 is 11.6 Å². The van der Waals surface area contributed by atoms with Gasteiger partial charge in [0.1, 0.15) is 0 Å². The molecule has 5 heteroatoms. The average Bonchev–Trinajstić information content (AvgIpc) is 2.27. The molecule has 0 aromatic rings. The second-order valence-electron chi connectivity index (χ2n) is 4.54. The van der Waals surface area contributed by atoms with Gasteiger partial charge in [-0.15, -0.1) is 0 Å². The molecule has 1 saturated carbocycles. The molecule has 0 spiro atoms. The molecule has 1 aliphatic carbocycles. The Morgan fingerprint density at radius 1 is 1.50 bits per heavy atom. The van der Waals surface area contributed by atoms with E-state index in [1.165, 1.54) is 7.11 Å². The molecule has 0 saturated heterocycles. The van der Waals surface area contributed by atoms with Gasteiger partial charge in [0.05, 0.1) is 18.2 Å². The highest BCUT2D eigenvalue weighted by Crippen LogP contribution is 2.25. The summed E-state index contributed by atoms with van der Waals surface area (Å²) in [5, 5.41) is 12.1. The third-order valence-corrected chi connectivity index (χ3v) is 3.06. The number of rotatable bonds is 5. The molecule has 0 aromatic heterocycles. The van der Waals surface area contributed by atoms with Crippen LogP contribution < -0.4 is 11.1 Å². The minimum absolute atomic E-state index is 0.151. The van der Waals surface area contributed by atoms with Crippen molar-refractivity contribution in [2.75, 3.05) is 20.3 Å². The number of aliphatic hydroxyl groups is 1. The van der Waals surface area contributed by atoms with Crippen molar-refractivity contribution in [1.82, 2.24) is 5.32 Å². The SMILES string of the molecule is COCC(O)CNC(=O)C1(N)CCCCC1. The van der Waals surface area contributed by atoms with E-state index in [4.69, 9.17) is 10.5 Å². The molecule has 1 unspecified atom stereocenters. The Balaban J connectivity index is 2.33. The second-order valence-corrected chi connectivity index (χ2v) is 4.54. The number of aliphatic hydroxyl groups excluding tert-OH is 1. The zero-order chi connectivity index (χ0) is 12.0. The van der Waals surface area contributed by atoms with Crippen LogP contribution >= 0.6 is 0 Å². The number of hydrogen-bond acceptors (Lipinski definition) is 4. The number of hydrogen-bond donors (Lipinski definition) is 3. The standard InChI is InChI=1S/C11H22N2O3/c1-16-8-9(14)7-13-10(15)11(12)5-3-2-4-6-11/h9,14H,2-8,12H2,1H3,(H,13,15). The fourth-order valence-electron chi connectivity index (χ4n) is 2.05. The number of carbonyl (C=O) groups excluding carboxylic acids is 1. The van der Waals surface area contributed by atoms with E-state index in [-0.39, 0.29) is 19.1 Å². The molecule has 0 heterocycles. The van der Waals surface area contributed by atoms with E-state index >= 15 is 0 Å². The zero-order valence-corrected chi connectivity index (χ0v) is 9.87. The Morgan fingerprint density at radius 2 is 2.12 bits per heavy atom. The van der Waals surface area contributed by atoms with Crippen molar-refractivity contribution in [2.45, 2.75) is 43.7 Å². The van der Waals surface area contributed by atoms with Gasteiger partial charge in [0.25, 0.3) is 0 Å². The van der Waals surface area contributed by atoms with Crippen molar-refractivity contribution < 1.29 is 14.6 Å². The summed E-state index contributed by atoms with van der Waals surface area (Å²) in [5.41, 5.74) is 5.31. The molecule has 94 valence electrons. The van der Waals surface area contributed by atoms with E-state index in [0.29, 0.717) is 0 Å². The maximum atomic E-state index is 11.8. The van der Waals surface area contributed by atoms with Crippen LogP contribution in [0.25, 0.3) is 0 Å². The van der Waals surface area contributed by atoms with Crippen LogP contribution in [-0.4, -0.2) is 42.9 Å². The van der Waals surface area contributed by atoms with Gasteiger partial charge in [-0.3, -0.25) is 4.79 Å². The van der Waals surface area contributed by atoms with Gasteiger partial charge >= 0.3 is 0 Å². The topological polar surface area (TPSA) is 84.6 Å². The fraction of sp³-hybridized carbons (Fsp3) is 0.909. The molecule has 0 radical (unpaired) electrons.